The molecule has 0 aliphatic carbocycles. The van der Waals surface area contributed by atoms with E-state index in [1.807, 2.05) is 37.3 Å². The number of H-pyrrole nitrogens is 1. The molecule has 0 atom stereocenters. The van der Waals surface area contributed by atoms with Gasteiger partial charge in [0.1, 0.15) is 5.82 Å². The monoisotopic (exact) mass is 451 g/mol. The molecule has 4 aromatic rings. The maximum atomic E-state index is 13.0. The van der Waals surface area contributed by atoms with E-state index in [4.69, 9.17) is 11.6 Å². The number of carbonyl (C=O) groups is 1. The number of hydrogen-bond donors (Lipinski definition) is 3. The van der Waals surface area contributed by atoms with Crippen LogP contribution in [0.5, 0.6) is 0 Å². The molecule has 4 rings (SSSR count). The average Bonchev–Trinajstić information content (AvgIpc) is 3.16. The lowest BCUT2D eigenvalue weighted by Crippen LogP contribution is -2.23. The zero-order valence-corrected chi connectivity index (χ0v) is 18.4. The zero-order chi connectivity index (χ0) is 22.7. The highest BCUT2D eigenvalue weighted by Gasteiger charge is 2.15. The molecule has 0 radical (unpaired) electrons. The van der Waals surface area contributed by atoms with E-state index in [2.05, 4.69) is 30.7 Å². The number of aryl methyl sites for hydroxylation is 2. The van der Waals surface area contributed by atoms with Crippen LogP contribution >= 0.6 is 11.6 Å². The lowest BCUT2D eigenvalue weighted by Gasteiger charge is -2.06. The van der Waals surface area contributed by atoms with Gasteiger partial charge in [0.05, 0.1) is 5.69 Å². The SMILES string of the molecule is Cc1ccnc(NC(=O)CCc2c(C)nc3nc(NCc4ccc(Cl)cc4)[nH]n3c2=O)c1. The van der Waals surface area contributed by atoms with Gasteiger partial charge in [0, 0.05) is 29.7 Å². The first-order chi connectivity index (χ1) is 15.4. The number of halogens is 1. The molecule has 3 N–H and O–H groups in total. The number of rotatable bonds is 7. The maximum absolute atomic E-state index is 13.0. The molecule has 1 aromatic carbocycles. The van der Waals surface area contributed by atoms with Gasteiger partial charge in [-0.3, -0.25) is 14.7 Å². The molecule has 32 heavy (non-hydrogen) atoms. The summed E-state index contributed by atoms with van der Waals surface area (Å²) in [5.74, 6) is 0.955. The fourth-order valence-corrected chi connectivity index (χ4v) is 3.38. The van der Waals surface area contributed by atoms with Gasteiger partial charge >= 0.3 is 0 Å². The molecule has 0 saturated carbocycles. The molecule has 0 fully saturated rings. The zero-order valence-electron chi connectivity index (χ0n) is 17.6. The maximum Gasteiger partial charge on any atom is 0.277 e. The second-order valence-electron chi connectivity index (χ2n) is 7.44. The fourth-order valence-electron chi connectivity index (χ4n) is 3.26. The van der Waals surface area contributed by atoms with Gasteiger partial charge < -0.3 is 10.6 Å². The summed E-state index contributed by atoms with van der Waals surface area (Å²) in [5, 5.41) is 9.49. The predicted molar refractivity (Wildman–Crippen MR) is 123 cm³/mol. The van der Waals surface area contributed by atoms with Crippen LogP contribution in [-0.4, -0.2) is 30.5 Å². The standard InChI is InChI=1S/C22H22ClN7O2/c1-13-9-10-24-18(11-13)27-19(31)8-7-17-14(2)26-22-28-21(29-30(22)20(17)32)25-12-15-3-5-16(23)6-4-15/h3-6,9-11H,7-8,12H2,1-2H3,(H,24,27,31)(H2,25,26,28,29). The minimum absolute atomic E-state index is 0.134. The molecular weight excluding hydrogens is 430 g/mol. The third-order valence-electron chi connectivity index (χ3n) is 4.95. The van der Waals surface area contributed by atoms with Crippen LogP contribution in [0, 0.1) is 13.8 Å². The quantitative estimate of drug-likeness (QED) is 0.397. The van der Waals surface area contributed by atoms with Crippen molar-refractivity contribution in [2.75, 3.05) is 10.6 Å². The van der Waals surface area contributed by atoms with E-state index in [1.54, 1.807) is 19.2 Å². The molecule has 0 spiro atoms. The van der Waals surface area contributed by atoms with E-state index in [0.29, 0.717) is 34.6 Å². The summed E-state index contributed by atoms with van der Waals surface area (Å²) in [4.78, 5) is 38.1. The highest BCUT2D eigenvalue weighted by Crippen LogP contribution is 2.12. The van der Waals surface area contributed by atoms with Crippen LogP contribution in [0.15, 0.2) is 47.4 Å². The van der Waals surface area contributed by atoms with Crippen molar-refractivity contribution in [1.29, 1.82) is 0 Å². The number of aromatic nitrogens is 5. The Morgan fingerprint density at radius 3 is 2.69 bits per heavy atom. The summed E-state index contributed by atoms with van der Waals surface area (Å²) in [6.07, 6.45) is 2.02. The smallest absolute Gasteiger partial charge is 0.277 e. The van der Waals surface area contributed by atoms with Gasteiger partial charge in [-0.25, -0.2) is 9.97 Å². The number of pyridine rings is 1. The number of hydrogen-bond acceptors (Lipinski definition) is 6. The Kier molecular flexibility index (Phi) is 6.18. The number of anilines is 2. The number of aromatic amines is 1. The van der Waals surface area contributed by atoms with Crippen molar-refractivity contribution >= 4 is 35.1 Å². The minimum atomic E-state index is -0.277. The topological polar surface area (TPSA) is 117 Å². The number of benzene rings is 1. The Morgan fingerprint density at radius 1 is 1.16 bits per heavy atom. The van der Waals surface area contributed by atoms with E-state index in [9.17, 15) is 9.59 Å². The van der Waals surface area contributed by atoms with Crippen LogP contribution in [0.25, 0.3) is 5.78 Å². The van der Waals surface area contributed by atoms with Gasteiger partial charge in [0.25, 0.3) is 11.3 Å². The second-order valence-corrected chi connectivity index (χ2v) is 7.87. The molecule has 9 nitrogen and oxygen atoms in total. The lowest BCUT2D eigenvalue weighted by molar-refractivity contribution is -0.116. The summed E-state index contributed by atoms with van der Waals surface area (Å²) in [6.45, 7) is 4.17. The van der Waals surface area contributed by atoms with E-state index in [1.165, 1.54) is 4.52 Å². The van der Waals surface area contributed by atoms with Gasteiger partial charge in [-0.1, -0.05) is 23.7 Å². The minimum Gasteiger partial charge on any atom is -0.351 e. The summed E-state index contributed by atoms with van der Waals surface area (Å²) in [7, 11) is 0. The average molecular weight is 452 g/mol. The third-order valence-corrected chi connectivity index (χ3v) is 5.21. The first-order valence-corrected chi connectivity index (χ1v) is 10.5. The van der Waals surface area contributed by atoms with E-state index >= 15 is 0 Å². The molecule has 0 unspecified atom stereocenters. The van der Waals surface area contributed by atoms with Crippen LogP contribution in [-0.2, 0) is 17.8 Å². The van der Waals surface area contributed by atoms with Gasteiger partial charge in [0.2, 0.25) is 11.9 Å². The Hall–Kier alpha value is -3.72. The van der Waals surface area contributed by atoms with Crippen molar-refractivity contribution in [3.63, 3.8) is 0 Å². The van der Waals surface area contributed by atoms with Crippen molar-refractivity contribution in [3.8, 4) is 0 Å². The fraction of sp³-hybridized carbons (Fsp3) is 0.227. The largest absolute Gasteiger partial charge is 0.351 e. The normalized spacial score (nSPS) is 11.0. The number of nitrogens with zero attached hydrogens (tertiary/aromatic N) is 4. The van der Waals surface area contributed by atoms with Crippen molar-refractivity contribution in [2.45, 2.75) is 33.2 Å². The Morgan fingerprint density at radius 2 is 1.94 bits per heavy atom. The Bertz CT molecular complexity index is 1330. The number of carbonyl (C=O) groups excluding carboxylic acids is 1. The van der Waals surface area contributed by atoms with E-state index in [0.717, 1.165) is 11.1 Å². The highest BCUT2D eigenvalue weighted by atomic mass is 35.5. The number of nitrogens with one attached hydrogen (secondary N) is 3. The van der Waals surface area contributed by atoms with Crippen LogP contribution in [0.3, 0.4) is 0 Å². The summed E-state index contributed by atoms with van der Waals surface area (Å²) >= 11 is 5.91. The van der Waals surface area contributed by atoms with Gasteiger partial charge in [-0.2, -0.15) is 9.50 Å². The molecule has 3 heterocycles. The van der Waals surface area contributed by atoms with E-state index in [-0.39, 0.29) is 30.1 Å². The molecular formula is C22H22ClN7O2. The third kappa shape index (κ3) is 4.94. The molecule has 0 bridgehead atoms. The lowest BCUT2D eigenvalue weighted by atomic mass is 10.1. The Labute approximate surface area is 188 Å². The highest BCUT2D eigenvalue weighted by molar-refractivity contribution is 6.30. The number of fused-ring (bicyclic) bond motifs is 1. The second kappa shape index (κ2) is 9.19. The first kappa shape index (κ1) is 21.5. The van der Waals surface area contributed by atoms with Crippen LogP contribution in [0.1, 0.15) is 28.8 Å². The molecule has 0 aliphatic heterocycles. The van der Waals surface area contributed by atoms with Gasteiger partial charge in [-0.05, 0) is 55.7 Å². The van der Waals surface area contributed by atoms with E-state index < -0.39 is 0 Å². The summed E-state index contributed by atoms with van der Waals surface area (Å²) in [6, 6.07) is 11.1. The van der Waals surface area contributed by atoms with Gasteiger partial charge in [-0.15, -0.1) is 0 Å². The van der Waals surface area contributed by atoms with Crippen molar-refractivity contribution in [3.05, 3.63) is 80.4 Å². The Balaban J connectivity index is 1.45. The molecule has 3 aromatic heterocycles. The summed E-state index contributed by atoms with van der Waals surface area (Å²) < 4.78 is 1.28. The van der Waals surface area contributed by atoms with Crippen LogP contribution < -0.4 is 16.2 Å². The summed E-state index contributed by atoms with van der Waals surface area (Å²) in [5.41, 5.74) is 2.75. The molecule has 10 heteroatoms. The first-order valence-electron chi connectivity index (χ1n) is 10.1. The molecule has 164 valence electrons. The van der Waals surface area contributed by atoms with Crippen molar-refractivity contribution in [1.82, 2.24) is 24.6 Å². The molecule has 1 amide bonds. The van der Waals surface area contributed by atoms with Crippen molar-refractivity contribution in [2.24, 2.45) is 0 Å². The van der Waals surface area contributed by atoms with Crippen LogP contribution in [0.4, 0.5) is 11.8 Å². The number of amides is 1. The molecule has 0 aliphatic rings. The van der Waals surface area contributed by atoms with Gasteiger partial charge in [0.15, 0.2) is 0 Å². The predicted octanol–water partition coefficient (Wildman–Crippen LogP) is 3.27. The van der Waals surface area contributed by atoms with Crippen molar-refractivity contribution < 1.29 is 4.79 Å². The van der Waals surface area contributed by atoms with Crippen LogP contribution in [0.2, 0.25) is 5.02 Å². The molecule has 0 saturated heterocycles.